The standard InChI is InChI=1S/C38H67O9P/c1-4-5-6-7-8-10-14-18-23-28-35(39)29-24-19-16-21-26-31-38(41)47-36(33-46-48(42,43)44)32-45-37(40)30-25-20-15-12-9-11-13-17-22-27-34(2)3/h8,10,16,18-19,23-24,29,34-36,39H,4-7,9,11-15,17,20-22,25-28,30-33H2,1-3H3,(H2,42,43,44)/b10-8-,19-16+,23-18-,29-24-/t35?,36-/m1/s1. The number of aliphatic hydroxyl groups excluding tert-OH is 1. The summed E-state index contributed by atoms with van der Waals surface area (Å²) >= 11 is 0. The molecule has 0 aliphatic heterocycles. The van der Waals surface area contributed by atoms with Gasteiger partial charge < -0.3 is 24.4 Å². The van der Waals surface area contributed by atoms with E-state index >= 15 is 0 Å². The van der Waals surface area contributed by atoms with E-state index in [1.807, 2.05) is 18.2 Å². The van der Waals surface area contributed by atoms with Crippen molar-refractivity contribution in [3.05, 3.63) is 48.6 Å². The number of carbonyl (C=O) groups excluding carboxylic acids is 2. The molecule has 0 aliphatic rings. The summed E-state index contributed by atoms with van der Waals surface area (Å²) in [5, 5.41) is 10.1. The van der Waals surface area contributed by atoms with Gasteiger partial charge in [-0.15, -0.1) is 0 Å². The lowest BCUT2D eigenvalue weighted by molar-refractivity contribution is -0.161. The van der Waals surface area contributed by atoms with E-state index in [0.717, 1.165) is 38.0 Å². The molecule has 0 bridgehead atoms. The van der Waals surface area contributed by atoms with Gasteiger partial charge in [0, 0.05) is 12.8 Å². The minimum absolute atomic E-state index is 0.0762. The minimum atomic E-state index is -4.79. The van der Waals surface area contributed by atoms with Crippen molar-refractivity contribution >= 4 is 19.8 Å². The Balaban J connectivity index is 4.20. The van der Waals surface area contributed by atoms with Gasteiger partial charge in [0.15, 0.2) is 6.10 Å². The summed E-state index contributed by atoms with van der Waals surface area (Å²) < 4.78 is 26.2. The number of hydrogen-bond donors (Lipinski definition) is 3. The molecule has 1 unspecified atom stereocenters. The van der Waals surface area contributed by atoms with Crippen LogP contribution in [0, 0.1) is 5.92 Å². The van der Waals surface area contributed by atoms with Crippen LogP contribution in [-0.2, 0) is 28.2 Å². The number of phosphoric ester groups is 1. The Morgan fingerprint density at radius 2 is 1.33 bits per heavy atom. The molecule has 0 saturated carbocycles. The first-order valence-electron chi connectivity index (χ1n) is 18.4. The van der Waals surface area contributed by atoms with E-state index in [1.54, 1.807) is 12.2 Å². The summed E-state index contributed by atoms with van der Waals surface area (Å²) in [5.41, 5.74) is 0. The van der Waals surface area contributed by atoms with Crippen molar-refractivity contribution in [2.75, 3.05) is 13.2 Å². The fourth-order valence-corrected chi connectivity index (χ4v) is 5.17. The lowest BCUT2D eigenvalue weighted by atomic mass is 10.0. The Bertz CT molecular complexity index is 952. The second-order valence-corrected chi connectivity index (χ2v) is 14.1. The van der Waals surface area contributed by atoms with Crippen molar-refractivity contribution in [3.8, 4) is 0 Å². The van der Waals surface area contributed by atoms with Crippen LogP contribution < -0.4 is 0 Å². The summed E-state index contributed by atoms with van der Waals surface area (Å²) in [6.45, 7) is 5.80. The van der Waals surface area contributed by atoms with Gasteiger partial charge in [-0.2, -0.15) is 0 Å². The molecular weight excluding hydrogens is 631 g/mol. The molecule has 10 heteroatoms. The normalized spacial score (nSPS) is 13.8. The highest BCUT2D eigenvalue weighted by molar-refractivity contribution is 7.46. The number of esters is 2. The van der Waals surface area contributed by atoms with Gasteiger partial charge in [0.1, 0.15) is 6.61 Å². The summed E-state index contributed by atoms with van der Waals surface area (Å²) in [6, 6.07) is 0. The summed E-state index contributed by atoms with van der Waals surface area (Å²) in [7, 11) is -4.79. The number of rotatable bonds is 32. The van der Waals surface area contributed by atoms with Crippen LogP contribution in [0.15, 0.2) is 48.6 Å². The Morgan fingerprint density at radius 3 is 2.00 bits per heavy atom. The van der Waals surface area contributed by atoms with Gasteiger partial charge in [-0.05, 0) is 50.9 Å². The maximum Gasteiger partial charge on any atom is 0.469 e. The van der Waals surface area contributed by atoms with Crippen LogP contribution >= 0.6 is 7.82 Å². The molecule has 48 heavy (non-hydrogen) atoms. The van der Waals surface area contributed by atoms with Gasteiger partial charge in [-0.25, -0.2) is 4.57 Å². The molecular formula is C38H67O9P. The van der Waals surface area contributed by atoms with Crippen molar-refractivity contribution < 1.29 is 43.0 Å². The van der Waals surface area contributed by atoms with Crippen LogP contribution in [0.25, 0.3) is 0 Å². The second-order valence-electron chi connectivity index (χ2n) is 12.9. The summed E-state index contributed by atoms with van der Waals surface area (Å²) in [6.07, 6.45) is 33.0. The van der Waals surface area contributed by atoms with Gasteiger partial charge >= 0.3 is 19.8 Å². The molecule has 0 aromatic carbocycles. The highest BCUT2D eigenvalue weighted by Gasteiger charge is 2.22. The van der Waals surface area contributed by atoms with Gasteiger partial charge in [-0.1, -0.05) is 140 Å². The molecule has 0 rings (SSSR count). The van der Waals surface area contributed by atoms with Crippen molar-refractivity contribution in [2.45, 2.75) is 161 Å². The van der Waals surface area contributed by atoms with E-state index in [1.165, 1.54) is 57.8 Å². The van der Waals surface area contributed by atoms with Crippen molar-refractivity contribution in [1.82, 2.24) is 0 Å². The van der Waals surface area contributed by atoms with Crippen LogP contribution in [0.3, 0.4) is 0 Å². The predicted octanol–water partition coefficient (Wildman–Crippen LogP) is 9.61. The van der Waals surface area contributed by atoms with Crippen molar-refractivity contribution in [3.63, 3.8) is 0 Å². The molecule has 0 aliphatic carbocycles. The minimum Gasteiger partial charge on any atom is -0.462 e. The van der Waals surface area contributed by atoms with Crippen LogP contribution in [0.1, 0.15) is 149 Å². The first kappa shape index (κ1) is 46.0. The predicted molar refractivity (Wildman–Crippen MR) is 194 cm³/mol. The number of phosphoric acid groups is 1. The van der Waals surface area contributed by atoms with Crippen LogP contribution in [-0.4, -0.2) is 52.3 Å². The lowest BCUT2D eigenvalue weighted by Crippen LogP contribution is -2.29. The Hall–Kier alpha value is -2.03. The summed E-state index contributed by atoms with van der Waals surface area (Å²) in [4.78, 5) is 42.6. The van der Waals surface area contributed by atoms with Crippen LogP contribution in [0.5, 0.6) is 0 Å². The highest BCUT2D eigenvalue weighted by atomic mass is 31.2. The molecule has 2 atom stereocenters. The first-order valence-corrected chi connectivity index (χ1v) is 19.9. The molecule has 0 heterocycles. The molecule has 0 amide bonds. The molecule has 0 saturated heterocycles. The fraction of sp³-hybridized carbons (Fsp3) is 0.737. The quantitative estimate of drug-likeness (QED) is 0.0206. The van der Waals surface area contributed by atoms with E-state index in [9.17, 15) is 19.3 Å². The van der Waals surface area contributed by atoms with E-state index < -0.39 is 38.6 Å². The van der Waals surface area contributed by atoms with E-state index in [4.69, 9.17) is 19.3 Å². The topological polar surface area (TPSA) is 140 Å². The molecule has 3 N–H and O–H groups in total. The number of hydrogen-bond acceptors (Lipinski definition) is 7. The Labute approximate surface area is 291 Å². The number of allylic oxidation sites excluding steroid dienone is 6. The van der Waals surface area contributed by atoms with Crippen molar-refractivity contribution in [1.29, 1.82) is 0 Å². The van der Waals surface area contributed by atoms with Gasteiger partial charge in [0.25, 0.3) is 0 Å². The molecule has 0 radical (unpaired) electrons. The molecule has 9 nitrogen and oxygen atoms in total. The zero-order valence-electron chi connectivity index (χ0n) is 30.1. The largest absolute Gasteiger partial charge is 0.469 e. The molecule has 0 aromatic heterocycles. The van der Waals surface area contributed by atoms with Crippen LogP contribution in [0.2, 0.25) is 0 Å². The highest BCUT2D eigenvalue weighted by Crippen LogP contribution is 2.36. The molecule has 0 spiro atoms. The number of ether oxygens (including phenoxy) is 2. The Kier molecular flexibility index (Phi) is 30.8. The maximum atomic E-state index is 12.3. The van der Waals surface area contributed by atoms with Gasteiger partial charge in [0.2, 0.25) is 0 Å². The first-order chi connectivity index (χ1) is 23.0. The zero-order valence-corrected chi connectivity index (χ0v) is 31.0. The van der Waals surface area contributed by atoms with E-state index in [2.05, 4.69) is 43.5 Å². The average molecular weight is 699 g/mol. The SMILES string of the molecule is CCCCC/C=C\C/C=C\CC(O)/C=C\C=C\CCCC(=O)O[C@H](COC(=O)CCCCCCCCCCCC(C)C)COP(=O)(O)O. The van der Waals surface area contributed by atoms with Gasteiger partial charge in [0.05, 0.1) is 12.7 Å². The molecule has 278 valence electrons. The third-order valence-electron chi connectivity index (χ3n) is 7.61. The summed E-state index contributed by atoms with van der Waals surface area (Å²) in [5.74, 6) is -0.241. The second kappa shape index (κ2) is 32.2. The smallest absolute Gasteiger partial charge is 0.462 e. The molecule has 0 aromatic rings. The zero-order chi connectivity index (χ0) is 35.7. The number of carbonyl (C=O) groups is 2. The van der Waals surface area contributed by atoms with E-state index in [-0.39, 0.29) is 19.4 Å². The van der Waals surface area contributed by atoms with E-state index in [0.29, 0.717) is 25.7 Å². The molecule has 0 fully saturated rings. The third kappa shape index (κ3) is 35.3. The monoisotopic (exact) mass is 698 g/mol. The fourth-order valence-electron chi connectivity index (χ4n) is 4.81. The number of aliphatic hydroxyl groups is 1. The van der Waals surface area contributed by atoms with Crippen LogP contribution in [0.4, 0.5) is 0 Å². The van der Waals surface area contributed by atoms with Crippen molar-refractivity contribution in [2.24, 2.45) is 5.92 Å². The third-order valence-corrected chi connectivity index (χ3v) is 8.09. The number of unbranched alkanes of at least 4 members (excludes halogenated alkanes) is 12. The average Bonchev–Trinajstić information content (AvgIpc) is 3.03. The lowest BCUT2D eigenvalue weighted by Gasteiger charge is -2.18. The van der Waals surface area contributed by atoms with Gasteiger partial charge in [-0.3, -0.25) is 14.1 Å². The Morgan fingerprint density at radius 1 is 0.708 bits per heavy atom. The maximum absolute atomic E-state index is 12.3.